The van der Waals surface area contributed by atoms with Crippen LogP contribution in [0.1, 0.15) is 27.2 Å². The fourth-order valence-corrected chi connectivity index (χ4v) is 3.70. The summed E-state index contributed by atoms with van der Waals surface area (Å²) in [4.78, 5) is 25.2. The molecule has 0 aromatic heterocycles. The molecule has 0 radical (unpaired) electrons. The van der Waals surface area contributed by atoms with Gasteiger partial charge < -0.3 is 0 Å². The smallest absolute Gasteiger partial charge is 0.243 e. The molecule has 94 valence electrons. The predicted molar refractivity (Wildman–Crippen MR) is 73.3 cm³/mol. The summed E-state index contributed by atoms with van der Waals surface area (Å²) in [5.41, 5.74) is 0. The van der Waals surface area contributed by atoms with Crippen molar-refractivity contribution in [1.29, 1.82) is 0 Å². The summed E-state index contributed by atoms with van der Waals surface area (Å²) in [7, 11) is -0.207. The van der Waals surface area contributed by atoms with Crippen LogP contribution in [0.5, 0.6) is 0 Å². The Bertz CT molecular complexity index is 281. The van der Waals surface area contributed by atoms with Crippen molar-refractivity contribution in [3.05, 3.63) is 0 Å². The zero-order chi connectivity index (χ0) is 12.3. The minimum atomic E-state index is -0.207. The van der Waals surface area contributed by atoms with Gasteiger partial charge in [-0.25, -0.2) is 10.9 Å². The maximum Gasteiger partial charge on any atom is 0.243 e. The molecule has 2 amide bonds. The maximum atomic E-state index is 12.0. The molecule has 1 aliphatic rings. The van der Waals surface area contributed by atoms with E-state index in [0.29, 0.717) is 17.5 Å². The number of hydrogen-bond donors (Lipinski definition) is 1. The fraction of sp³-hybridized carbons (Fsp3) is 0.818. The van der Waals surface area contributed by atoms with Crippen LogP contribution >= 0.6 is 22.7 Å². The van der Waals surface area contributed by atoms with Gasteiger partial charge in [0.2, 0.25) is 11.8 Å². The Morgan fingerprint density at radius 2 is 2.12 bits per heavy atom. The number of likely N-dealkylation sites (tertiary alicyclic amines) is 1. The summed E-state index contributed by atoms with van der Waals surface area (Å²) in [6.45, 7) is 6.23. The molecule has 0 N–H and O–H groups in total. The van der Waals surface area contributed by atoms with E-state index in [9.17, 15) is 9.59 Å². The van der Waals surface area contributed by atoms with Crippen LogP contribution in [0.2, 0.25) is 0 Å². The van der Waals surface area contributed by atoms with Gasteiger partial charge in [-0.05, 0) is 17.3 Å². The first-order valence-corrected chi connectivity index (χ1v) is 8.74. The van der Waals surface area contributed by atoms with Crippen molar-refractivity contribution in [2.75, 3.05) is 17.9 Å². The fourth-order valence-electron chi connectivity index (χ4n) is 1.58. The lowest BCUT2D eigenvalue weighted by Crippen LogP contribution is -2.32. The molecule has 2 atom stereocenters. The SMILES string of the molecule is CC[SH](C)CN1C(=O)CC(SC(C)C)C1=O. The minimum absolute atomic E-state index is 0.0194. The normalized spacial score (nSPS) is 24.4. The first-order chi connectivity index (χ1) is 7.45. The molecule has 2 unspecified atom stereocenters. The Balaban J connectivity index is 2.60. The van der Waals surface area contributed by atoms with E-state index >= 15 is 0 Å². The molecule has 1 fully saturated rings. The quantitative estimate of drug-likeness (QED) is 0.608. The van der Waals surface area contributed by atoms with Gasteiger partial charge in [0.1, 0.15) is 0 Å². The minimum Gasteiger partial charge on any atom is -0.274 e. The van der Waals surface area contributed by atoms with Crippen LogP contribution in [0.25, 0.3) is 0 Å². The van der Waals surface area contributed by atoms with Crippen molar-refractivity contribution >= 4 is 34.5 Å². The lowest BCUT2D eigenvalue weighted by molar-refractivity contribution is -0.137. The van der Waals surface area contributed by atoms with Gasteiger partial charge in [-0.3, -0.25) is 14.5 Å². The second kappa shape index (κ2) is 5.96. The molecular formula is C11H21NO2S2. The van der Waals surface area contributed by atoms with E-state index < -0.39 is 0 Å². The van der Waals surface area contributed by atoms with Crippen LogP contribution < -0.4 is 0 Å². The van der Waals surface area contributed by atoms with Crippen molar-refractivity contribution in [2.24, 2.45) is 0 Å². The van der Waals surface area contributed by atoms with E-state index in [0.717, 1.165) is 5.75 Å². The number of rotatable bonds is 5. The van der Waals surface area contributed by atoms with Crippen LogP contribution in [0, 0.1) is 0 Å². The third kappa shape index (κ3) is 3.42. The zero-order valence-electron chi connectivity index (χ0n) is 10.4. The number of carbonyl (C=O) groups is 2. The summed E-state index contributed by atoms with van der Waals surface area (Å²) in [6, 6.07) is 0. The summed E-state index contributed by atoms with van der Waals surface area (Å²) in [6.07, 6.45) is 2.54. The van der Waals surface area contributed by atoms with E-state index in [1.165, 1.54) is 4.90 Å². The van der Waals surface area contributed by atoms with Crippen molar-refractivity contribution in [2.45, 2.75) is 37.7 Å². The Morgan fingerprint density at radius 3 is 2.62 bits per heavy atom. The number of thioether (sulfide) groups is 1. The molecule has 0 aliphatic carbocycles. The van der Waals surface area contributed by atoms with Gasteiger partial charge >= 0.3 is 0 Å². The molecular weight excluding hydrogens is 242 g/mol. The molecule has 1 saturated heterocycles. The Labute approximate surface area is 105 Å². The molecule has 3 nitrogen and oxygen atoms in total. The molecule has 1 rings (SSSR count). The lowest BCUT2D eigenvalue weighted by atomic mass is 10.4. The highest BCUT2D eigenvalue weighted by atomic mass is 32.2. The number of carbonyl (C=O) groups excluding carboxylic acids is 2. The van der Waals surface area contributed by atoms with Gasteiger partial charge in [0.25, 0.3) is 0 Å². The van der Waals surface area contributed by atoms with E-state index in [2.05, 4.69) is 27.0 Å². The average Bonchev–Trinajstić information content (AvgIpc) is 2.45. The predicted octanol–water partition coefficient (Wildman–Crippen LogP) is 1.86. The van der Waals surface area contributed by atoms with Crippen LogP contribution in [-0.4, -0.2) is 45.1 Å². The first-order valence-electron chi connectivity index (χ1n) is 5.64. The number of thiol groups is 1. The lowest BCUT2D eigenvalue weighted by Gasteiger charge is -2.21. The van der Waals surface area contributed by atoms with E-state index in [1.54, 1.807) is 11.8 Å². The van der Waals surface area contributed by atoms with Crippen molar-refractivity contribution in [1.82, 2.24) is 4.90 Å². The number of imide groups is 1. The second-order valence-corrected chi connectivity index (χ2v) is 8.76. The van der Waals surface area contributed by atoms with Gasteiger partial charge in [-0.2, -0.15) is 0 Å². The largest absolute Gasteiger partial charge is 0.274 e. The molecule has 5 heteroatoms. The van der Waals surface area contributed by atoms with E-state index in [-0.39, 0.29) is 28.0 Å². The summed E-state index contributed by atoms with van der Waals surface area (Å²) in [5.74, 6) is 1.77. The molecule has 0 aromatic carbocycles. The second-order valence-electron chi connectivity index (χ2n) is 4.35. The third-order valence-electron chi connectivity index (χ3n) is 2.56. The molecule has 16 heavy (non-hydrogen) atoms. The van der Waals surface area contributed by atoms with Gasteiger partial charge in [0.05, 0.1) is 11.1 Å². The molecule has 0 bridgehead atoms. The zero-order valence-corrected chi connectivity index (χ0v) is 12.1. The monoisotopic (exact) mass is 263 g/mol. The standard InChI is InChI=1S/C11H21NO2S2/c1-5-16(4)7-12-10(13)6-9(11(12)14)15-8(2)3/h8-9,16H,5-7H2,1-4H3. The third-order valence-corrected chi connectivity index (χ3v) is 5.65. The van der Waals surface area contributed by atoms with E-state index in [4.69, 9.17) is 0 Å². The molecule has 0 saturated carbocycles. The Hall–Kier alpha value is -0.160. The topological polar surface area (TPSA) is 37.4 Å². The molecule has 1 heterocycles. The van der Waals surface area contributed by atoms with Gasteiger partial charge in [-0.1, -0.05) is 20.8 Å². The van der Waals surface area contributed by atoms with Crippen molar-refractivity contribution in [3.8, 4) is 0 Å². The average molecular weight is 263 g/mol. The van der Waals surface area contributed by atoms with Gasteiger partial charge in [0.15, 0.2) is 0 Å². The highest BCUT2D eigenvalue weighted by Crippen LogP contribution is 2.31. The summed E-state index contributed by atoms with van der Waals surface area (Å²) < 4.78 is 0. The van der Waals surface area contributed by atoms with Crippen LogP contribution in [0.3, 0.4) is 0 Å². The molecule has 0 spiro atoms. The number of nitrogens with zero attached hydrogens (tertiary/aromatic N) is 1. The molecule has 0 aromatic rings. The highest BCUT2D eigenvalue weighted by Gasteiger charge is 2.39. The maximum absolute atomic E-state index is 12.0. The van der Waals surface area contributed by atoms with Gasteiger partial charge in [0, 0.05) is 6.42 Å². The Morgan fingerprint density at radius 1 is 1.50 bits per heavy atom. The summed E-state index contributed by atoms with van der Waals surface area (Å²) in [5, 5.41) is 0.267. The van der Waals surface area contributed by atoms with Crippen LogP contribution in [0.4, 0.5) is 0 Å². The number of amides is 2. The number of hydrogen-bond acceptors (Lipinski definition) is 3. The van der Waals surface area contributed by atoms with Crippen molar-refractivity contribution < 1.29 is 9.59 Å². The van der Waals surface area contributed by atoms with Crippen LogP contribution in [-0.2, 0) is 9.59 Å². The summed E-state index contributed by atoms with van der Waals surface area (Å²) >= 11 is 1.61. The molecule has 1 aliphatic heterocycles. The van der Waals surface area contributed by atoms with Crippen molar-refractivity contribution in [3.63, 3.8) is 0 Å². The highest BCUT2D eigenvalue weighted by molar-refractivity contribution is 8.16. The van der Waals surface area contributed by atoms with E-state index in [1.807, 2.05) is 0 Å². The Kier molecular flexibility index (Phi) is 5.18. The van der Waals surface area contributed by atoms with Gasteiger partial charge in [-0.15, -0.1) is 11.8 Å². The van der Waals surface area contributed by atoms with Crippen LogP contribution in [0.15, 0.2) is 0 Å². The first kappa shape index (κ1) is 13.9.